The predicted octanol–water partition coefficient (Wildman–Crippen LogP) is 0.895. The molecular weight excluding hydrogens is 158 g/mol. The summed E-state index contributed by atoms with van der Waals surface area (Å²) >= 11 is -0.675. The largest absolute Gasteiger partial charge is 0.616 e. The van der Waals surface area contributed by atoms with Crippen molar-refractivity contribution in [2.45, 2.75) is 37.2 Å². The topological polar surface area (TPSA) is 35.1 Å². The Morgan fingerprint density at radius 2 is 2.09 bits per heavy atom. The fraction of sp³-hybridized carbons (Fsp3) is 1.00. The second-order valence-electron chi connectivity index (χ2n) is 4.02. The Bertz CT molecular complexity index is 127. The Hall–Kier alpha value is 0.270. The zero-order chi connectivity index (χ0) is 8.48. The molecule has 3 heteroatoms. The van der Waals surface area contributed by atoms with Gasteiger partial charge >= 0.3 is 0 Å². The highest BCUT2D eigenvalue weighted by Crippen LogP contribution is 2.23. The third kappa shape index (κ3) is 2.36. The average Bonchev–Trinajstić information content (AvgIpc) is 2.34. The van der Waals surface area contributed by atoms with Gasteiger partial charge in [-0.2, -0.15) is 0 Å². The number of hydrogen-bond donors (Lipinski definition) is 1. The van der Waals surface area contributed by atoms with Gasteiger partial charge in [0.05, 0.1) is 0 Å². The zero-order valence-corrected chi connectivity index (χ0v) is 8.33. The quantitative estimate of drug-likeness (QED) is 0.601. The predicted molar refractivity (Wildman–Crippen MR) is 49.2 cm³/mol. The molecule has 1 rings (SSSR count). The summed E-state index contributed by atoms with van der Waals surface area (Å²) in [5.74, 6) is 0. The molecule has 2 atom stereocenters. The fourth-order valence-corrected chi connectivity index (χ4v) is 2.91. The molecule has 66 valence electrons. The molecule has 0 spiro atoms. The van der Waals surface area contributed by atoms with E-state index < -0.39 is 11.2 Å². The molecule has 1 aliphatic rings. The molecule has 0 amide bonds. The Kier molecular flexibility index (Phi) is 2.84. The molecule has 0 bridgehead atoms. The van der Waals surface area contributed by atoms with Gasteiger partial charge in [-0.15, -0.1) is 0 Å². The molecule has 0 aromatic heterocycles. The summed E-state index contributed by atoms with van der Waals surface area (Å²) in [4.78, 5) is 0. The van der Waals surface area contributed by atoms with Gasteiger partial charge in [-0.3, -0.25) is 0 Å². The van der Waals surface area contributed by atoms with Gasteiger partial charge in [-0.25, -0.2) is 0 Å². The molecule has 1 fully saturated rings. The van der Waals surface area contributed by atoms with Gasteiger partial charge in [0.15, 0.2) is 0 Å². The van der Waals surface area contributed by atoms with Crippen molar-refractivity contribution in [1.82, 2.24) is 5.32 Å². The molecule has 2 nitrogen and oxygen atoms in total. The lowest BCUT2D eigenvalue weighted by Crippen LogP contribution is -2.38. The van der Waals surface area contributed by atoms with Gasteiger partial charge in [0.25, 0.3) is 0 Å². The minimum Gasteiger partial charge on any atom is -0.616 e. The van der Waals surface area contributed by atoms with Crippen LogP contribution >= 0.6 is 0 Å². The van der Waals surface area contributed by atoms with Crippen LogP contribution in [0.25, 0.3) is 0 Å². The first kappa shape index (κ1) is 9.36. The van der Waals surface area contributed by atoms with Gasteiger partial charge in [-0.1, -0.05) is 0 Å². The molecule has 1 heterocycles. The summed E-state index contributed by atoms with van der Waals surface area (Å²) < 4.78 is 11.7. The van der Waals surface area contributed by atoms with Crippen molar-refractivity contribution in [3.63, 3.8) is 0 Å². The van der Waals surface area contributed by atoms with Gasteiger partial charge < -0.3 is 9.87 Å². The third-order valence-electron chi connectivity index (χ3n) is 1.92. The second-order valence-corrected chi connectivity index (χ2v) is 6.51. The van der Waals surface area contributed by atoms with E-state index in [1.54, 1.807) is 0 Å². The van der Waals surface area contributed by atoms with Crippen LogP contribution in [0.3, 0.4) is 0 Å². The minimum absolute atomic E-state index is 0.0450. The van der Waals surface area contributed by atoms with Crippen molar-refractivity contribution >= 4 is 11.2 Å². The van der Waals surface area contributed by atoms with E-state index in [9.17, 15) is 4.55 Å². The van der Waals surface area contributed by atoms with Crippen LogP contribution in [-0.2, 0) is 11.2 Å². The van der Waals surface area contributed by atoms with Gasteiger partial charge in [0.1, 0.15) is 10.00 Å². The maximum absolute atomic E-state index is 11.7. The second kappa shape index (κ2) is 3.33. The van der Waals surface area contributed by atoms with Crippen molar-refractivity contribution in [1.29, 1.82) is 0 Å². The van der Waals surface area contributed by atoms with Crippen LogP contribution in [0.1, 0.15) is 27.2 Å². The lowest BCUT2D eigenvalue weighted by Gasteiger charge is -2.28. The van der Waals surface area contributed by atoms with Crippen molar-refractivity contribution in [2.24, 2.45) is 0 Å². The van der Waals surface area contributed by atoms with E-state index >= 15 is 0 Å². The van der Waals surface area contributed by atoms with Gasteiger partial charge in [0, 0.05) is 19.5 Å². The van der Waals surface area contributed by atoms with Gasteiger partial charge in [0.2, 0.25) is 0 Å². The standard InChI is InChI=1S/C8H17NOS/c1-8(2,3)11(10)7-4-5-9-6-7/h7,9H,4-6H2,1-3H3/t7-,11?/m1/s1. The van der Waals surface area contributed by atoms with Crippen molar-refractivity contribution < 1.29 is 4.55 Å². The van der Waals surface area contributed by atoms with Crippen LogP contribution in [-0.4, -0.2) is 27.6 Å². The zero-order valence-electron chi connectivity index (χ0n) is 7.52. The Balaban J connectivity index is 2.46. The van der Waals surface area contributed by atoms with Crippen LogP contribution in [0.2, 0.25) is 0 Å². The van der Waals surface area contributed by atoms with E-state index in [0.717, 1.165) is 19.5 Å². The highest BCUT2D eigenvalue weighted by molar-refractivity contribution is 7.93. The first-order valence-electron chi connectivity index (χ1n) is 4.13. The average molecular weight is 175 g/mol. The minimum atomic E-state index is -0.675. The molecule has 0 aromatic carbocycles. The van der Waals surface area contributed by atoms with E-state index in [1.165, 1.54) is 0 Å². The Labute approximate surface area is 71.9 Å². The van der Waals surface area contributed by atoms with Crippen LogP contribution in [0.4, 0.5) is 0 Å². The Morgan fingerprint density at radius 1 is 1.45 bits per heavy atom. The molecule has 0 aliphatic carbocycles. The maximum Gasteiger partial charge on any atom is 0.129 e. The molecule has 0 aromatic rings. The highest BCUT2D eigenvalue weighted by atomic mass is 32.2. The summed E-state index contributed by atoms with van der Waals surface area (Å²) in [6.07, 6.45) is 1.07. The Morgan fingerprint density at radius 3 is 2.45 bits per heavy atom. The summed E-state index contributed by atoms with van der Waals surface area (Å²) in [5.41, 5.74) is 0. The summed E-state index contributed by atoms with van der Waals surface area (Å²) in [6, 6.07) is 0. The van der Waals surface area contributed by atoms with Crippen LogP contribution in [0.15, 0.2) is 0 Å². The molecule has 1 aliphatic heterocycles. The lowest BCUT2D eigenvalue weighted by atomic mass is 10.3. The number of hydrogen-bond acceptors (Lipinski definition) is 2. The van der Waals surface area contributed by atoms with Crippen molar-refractivity contribution in [3.05, 3.63) is 0 Å². The maximum atomic E-state index is 11.7. The van der Waals surface area contributed by atoms with Crippen LogP contribution in [0, 0.1) is 0 Å². The fourth-order valence-electron chi connectivity index (χ4n) is 1.31. The van der Waals surface area contributed by atoms with Crippen molar-refractivity contribution in [3.8, 4) is 0 Å². The van der Waals surface area contributed by atoms with Crippen LogP contribution in [0.5, 0.6) is 0 Å². The first-order chi connectivity index (χ1) is 5.02. The van der Waals surface area contributed by atoms with E-state index in [0.29, 0.717) is 5.25 Å². The monoisotopic (exact) mass is 175 g/mol. The molecule has 1 saturated heterocycles. The van der Waals surface area contributed by atoms with E-state index in [4.69, 9.17) is 0 Å². The number of nitrogens with one attached hydrogen (secondary N) is 1. The number of rotatable bonds is 1. The SMILES string of the molecule is CC(C)(C)[S+]([O-])[C@@H]1CCNC1. The normalized spacial score (nSPS) is 28.9. The molecule has 0 saturated carbocycles. The van der Waals surface area contributed by atoms with E-state index in [1.807, 2.05) is 20.8 Å². The highest BCUT2D eigenvalue weighted by Gasteiger charge is 2.35. The van der Waals surface area contributed by atoms with E-state index in [-0.39, 0.29) is 4.75 Å². The molecule has 0 radical (unpaired) electrons. The molecule has 11 heavy (non-hydrogen) atoms. The van der Waals surface area contributed by atoms with Crippen LogP contribution < -0.4 is 5.32 Å². The molecular formula is C8H17NOS. The van der Waals surface area contributed by atoms with Crippen molar-refractivity contribution in [2.75, 3.05) is 13.1 Å². The summed E-state index contributed by atoms with van der Waals surface area (Å²) in [6.45, 7) is 8.10. The molecule has 1 N–H and O–H groups in total. The van der Waals surface area contributed by atoms with Gasteiger partial charge in [-0.05, 0) is 31.9 Å². The third-order valence-corrected chi connectivity index (χ3v) is 4.14. The summed E-state index contributed by atoms with van der Waals surface area (Å²) in [7, 11) is 0. The summed E-state index contributed by atoms with van der Waals surface area (Å²) in [5, 5.41) is 3.62. The first-order valence-corrected chi connectivity index (χ1v) is 5.34. The smallest absolute Gasteiger partial charge is 0.129 e. The van der Waals surface area contributed by atoms with E-state index in [2.05, 4.69) is 5.32 Å². The lowest BCUT2D eigenvalue weighted by molar-refractivity contribution is 0.546. The molecule has 1 unspecified atom stereocenters.